The lowest BCUT2D eigenvalue weighted by Crippen LogP contribution is -2.29. The highest BCUT2D eigenvalue weighted by atomic mass is 32.2. The number of carbonyl (C=O) groups excluding carboxylic acids is 1. The molecule has 2 aromatic rings. The molecule has 0 aliphatic carbocycles. The number of benzene rings is 2. The molecule has 0 bridgehead atoms. The van der Waals surface area contributed by atoms with Gasteiger partial charge in [-0.05, 0) is 61.2 Å². The molecule has 7 nitrogen and oxygen atoms in total. The Balaban J connectivity index is 1.86. The van der Waals surface area contributed by atoms with Crippen LogP contribution in [0.2, 0.25) is 0 Å². The fourth-order valence-corrected chi connectivity index (χ4v) is 5.11. The van der Waals surface area contributed by atoms with Crippen molar-refractivity contribution >= 4 is 21.6 Å². The topological polar surface area (TPSA) is 84.9 Å². The van der Waals surface area contributed by atoms with Gasteiger partial charge in [-0.15, -0.1) is 0 Å². The molecule has 1 amide bonds. The Labute approximate surface area is 178 Å². The van der Waals surface area contributed by atoms with Crippen molar-refractivity contribution in [2.75, 3.05) is 25.7 Å². The largest absolute Gasteiger partial charge is 0.493 e. The summed E-state index contributed by atoms with van der Waals surface area (Å²) in [6, 6.07) is 9.83. The third kappa shape index (κ3) is 4.44. The first-order valence-electron chi connectivity index (χ1n) is 9.96. The van der Waals surface area contributed by atoms with Crippen LogP contribution in [0.4, 0.5) is 5.69 Å². The van der Waals surface area contributed by atoms with Crippen molar-refractivity contribution in [2.45, 2.75) is 44.0 Å². The zero-order valence-electron chi connectivity index (χ0n) is 17.8. The van der Waals surface area contributed by atoms with Gasteiger partial charge in [0.2, 0.25) is 15.9 Å². The van der Waals surface area contributed by atoms with E-state index in [4.69, 9.17) is 9.47 Å². The molecule has 2 aromatic carbocycles. The van der Waals surface area contributed by atoms with Crippen molar-refractivity contribution in [2.24, 2.45) is 0 Å². The van der Waals surface area contributed by atoms with E-state index in [1.807, 2.05) is 19.9 Å². The van der Waals surface area contributed by atoms with Crippen LogP contribution in [0.3, 0.4) is 0 Å². The van der Waals surface area contributed by atoms with Crippen LogP contribution >= 0.6 is 0 Å². The van der Waals surface area contributed by atoms with Gasteiger partial charge in [-0.3, -0.25) is 4.79 Å². The Morgan fingerprint density at radius 2 is 1.83 bits per heavy atom. The van der Waals surface area contributed by atoms with Crippen LogP contribution in [0.25, 0.3) is 0 Å². The van der Waals surface area contributed by atoms with Crippen molar-refractivity contribution in [3.63, 3.8) is 0 Å². The van der Waals surface area contributed by atoms with Crippen LogP contribution in [0.15, 0.2) is 41.3 Å². The van der Waals surface area contributed by atoms with E-state index in [9.17, 15) is 13.2 Å². The minimum Gasteiger partial charge on any atom is -0.493 e. The summed E-state index contributed by atoms with van der Waals surface area (Å²) in [5, 5.41) is 0. The van der Waals surface area contributed by atoms with Gasteiger partial charge in [0.05, 0.1) is 19.1 Å². The van der Waals surface area contributed by atoms with E-state index in [0.717, 1.165) is 23.2 Å². The quantitative estimate of drug-likeness (QED) is 0.689. The first-order valence-corrected chi connectivity index (χ1v) is 11.4. The van der Waals surface area contributed by atoms with Crippen LogP contribution in [-0.4, -0.2) is 35.1 Å². The first-order chi connectivity index (χ1) is 14.3. The van der Waals surface area contributed by atoms with Gasteiger partial charge in [-0.25, -0.2) is 13.1 Å². The number of hydrogen-bond donors (Lipinski definition) is 1. The molecule has 1 atom stereocenters. The molecule has 0 spiro atoms. The Hall–Kier alpha value is -2.58. The number of amides is 1. The molecule has 162 valence electrons. The van der Waals surface area contributed by atoms with Gasteiger partial charge in [-0.1, -0.05) is 13.0 Å². The van der Waals surface area contributed by atoms with E-state index in [0.29, 0.717) is 30.9 Å². The summed E-state index contributed by atoms with van der Waals surface area (Å²) >= 11 is 0. The average Bonchev–Trinajstić information content (AvgIpc) is 3.17. The monoisotopic (exact) mass is 432 g/mol. The predicted molar refractivity (Wildman–Crippen MR) is 116 cm³/mol. The maximum absolute atomic E-state index is 13.1. The summed E-state index contributed by atoms with van der Waals surface area (Å²) in [5.74, 6) is 1.20. The number of nitrogens with zero attached hydrogens (tertiary/aromatic N) is 1. The Morgan fingerprint density at radius 1 is 1.10 bits per heavy atom. The normalized spacial score (nSPS) is 15.3. The maximum Gasteiger partial charge on any atom is 0.241 e. The third-order valence-electron chi connectivity index (χ3n) is 5.36. The van der Waals surface area contributed by atoms with Gasteiger partial charge in [0.15, 0.2) is 11.5 Å². The highest BCUT2D eigenvalue weighted by molar-refractivity contribution is 7.89. The molecule has 3 rings (SSSR count). The lowest BCUT2D eigenvalue weighted by Gasteiger charge is -2.21. The standard InChI is InChI=1S/C22H28N2O5S/c1-5-18(16-8-11-20(28-3)21(14-16)29-4)23-30(26,27)17-9-10-19(15(2)13-17)24-12-6-7-22(24)25/h8-11,13-14,18,23H,5-7,12H2,1-4H3. The zero-order chi connectivity index (χ0) is 21.9. The van der Waals surface area contributed by atoms with E-state index in [2.05, 4.69) is 4.72 Å². The molecule has 0 saturated carbocycles. The molecule has 8 heteroatoms. The molecular weight excluding hydrogens is 404 g/mol. The summed E-state index contributed by atoms with van der Waals surface area (Å²) in [6.45, 7) is 4.41. The van der Waals surface area contributed by atoms with E-state index in [1.165, 1.54) is 0 Å². The Bertz CT molecular complexity index is 1040. The number of sulfonamides is 1. The van der Waals surface area contributed by atoms with E-state index >= 15 is 0 Å². The summed E-state index contributed by atoms with van der Waals surface area (Å²) in [7, 11) is -0.658. The van der Waals surface area contributed by atoms with Gasteiger partial charge in [0.1, 0.15) is 0 Å². The molecule has 1 fully saturated rings. The fourth-order valence-electron chi connectivity index (χ4n) is 3.71. The van der Waals surface area contributed by atoms with Gasteiger partial charge in [0.25, 0.3) is 0 Å². The predicted octanol–water partition coefficient (Wildman–Crippen LogP) is 3.57. The second kappa shape index (κ2) is 9.06. The van der Waals surface area contributed by atoms with Gasteiger partial charge in [-0.2, -0.15) is 0 Å². The van der Waals surface area contributed by atoms with Gasteiger partial charge >= 0.3 is 0 Å². The minimum atomic E-state index is -3.76. The van der Waals surface area contributed by atoms with Crippen LogP contribution in [0.5, 0.6) is 11.5 Å². The molecule has 0 radical (unpaired) electrons. The lowest BCUT2D eigenvalue weighted by atomic mass is 10.1. The van der Waals surface area contributed by atoms with Crippen LogP contribution in [0, 0.1) is 6.92 Å². The fraction of sp³-hybridized carbons (Fsp3) is 0.409. The molecule has 1 heterocycles. The van der Waals surface area contributed by atoms with Crippen molar-refractivity contribution in [3.8, 4) is 11.5 Å². The van der Waals surface area contributed by atoms with E-state index in [-0.39, 0.29) is 10.8 Å². The van der Waals surface area contributed by atoms with Crippen LogP contribution in [0.1, 0.15) is 43.4 Å². The number of aryl methyl sites for hydroxylation is 1. The summed E-state index contributed by atoms with van der Waals surface area (Å²) < 4.78 is 39.5. The van der Waals surface area contributed by atoms with Crippen molar-refractivity contribution in [1.82, 2.24) is 4.72 Å². The summed E-state index contributed by atoms with van der Waals surface area (Å²) in [4.78, 5) is 13.9. The van der Waals surface area contributed by atoms with Gasteiger partial charge < -0.3 is 14.4 Å². The average molecular weight is 433 g/mol. The van der Waals surface area contributed by atoms with Crippen molar-refractivity contribution in [3.05, 3.63) is 47.5 Å². The lowest BCUT2D eigenvalue weighted by molar-refractivity contribution is -0.117. The second-order valence-corrected chi connectivity index (χ2v) is 9.01. The van der Waals surface area contributed by atoms with Crippen LogP contribution < -0.4 is 19.1 Å². The number of hydrogen-bond acceptors (Lipinski definition) is 5. The number of nitrogens with one attached hydrogen (secondary N) is 1. The highest BCUT2D eigenvalue weighted by Gasteiger charge is 2.25. The number of anilines is 1. The molecular formula is C22H28N2O5S. The third-order valence-corrected chi connectivity index (χ3v) is 6.83. The zero-order valence-corrected chi connectivity index (χ0v) is 18.6. The number of rotatable bonds is 8. The molecule has 1 saturated heterocycles. The smallest absolute Gasteiger partial charge is 0.241 e. The minimum absolute atomic E-state index is 0.0753. The van der Waals surface area contributed by atoms with Crippen LogP contribution in [-0.2, 0) is 14.8 Å². The van der Waals surface area contributed by atoms with Crippen molar-refractivity contribution < 1.29 is 22.7 Å². The summed E-state index contributed by atoms with van der Waals surface area (Å²) in [5.41, 5.74) is 2.31. The maximum atomic E-state index is 13.1. The second-order valence-electron chi connectivity index (χ2n) is 7.29. The van der Waals surface area contributed by atoms with Crippen molar-refractivity contribution in [1.29, 1.82) is 0 Å². The number of ether oxygens (including phenoxy) is 2. The highest BCUT2D eigenvalue weighted by Crippen LogP contribution is 2.32. The van der Waals surface area contributed by atoms with Gasteiger partial charge in [0, 0.05) is 24.7 Å². The Kier molecular flexibility index (Phi) is 6.67. The first kappa shape index (κ1) is 22.1. The Morgan fingerprint density at radius 3 is 2.40 bits per heavy atom. The molecule has 30 heavy (non-hydrogen) atoms. The number of carbonyl (C=O) groups is 1. The van der Waals surface area contributed by atoms with E-state index < -0.39 is 16.1 Å². The molecule has 1 unspecified atom stereocenters. The number of methoxy groups -OCH3 is 2. The molecule has 1 N–H and O–H groups in total. The summed E-state index contributed by atoms with van der Waals surface area (Å²) in [6.07, 6.45) is 1.92. The SMILES string of the molecule is CCC(NS(=O)(=O)c1ccc(N2CCCC2=O)c(C)c1)c1ccc(OC)c(OC)c1. The molecule has 0 aromatic heterocycles. The molecule has 1 aliphatic heterocycles. The molecule has 1 aliphatic rings. The van der Waals surface area contributed by atoms with E-state index in [1.54, 1.807) is 49.5 Å².